The highest BCUT2D eigenvalue weighted by Gasteiger charge is 2.32. The van der Waals surface area contributed by atoms with Crippen LogP contribution in [0.4, 0.5) is 0 Å². The van der Waals surface area contributed by atoms with Gasteiger partial charge in [-0.05, 0) is 55.7 Å². The van der Waals surface area contributed by atoms with Crippen LogP contribution < -0.4 is 5.32 Å². The molecule has 3 atom stereocenters. The van der Waals surface area contributed by atoms with E-state index in [1.165, 1.54) is 32.1 Å². The molecule has 1 aliphatic heterocycles. The van der Waals surface area contributed by atoms with Gasteiger partial charge in [0.25, 0.3) is 0 Å². The number of benzene rings is 1. The summed E-state index contributed by atoms with van der Waals surface area (Å²) in [6.45, 7) is 4.30. The number of rotatable bonds is 6. The first kappa shape index (κ1) is 13.1. The second kappa shape index (κ2) is 6.06. The van der Waals surface area contributed by atoms with Gasteiger partial charge < -0.3 is 10.1 Å². The van der Waals surface area contributed by atoms with Crippen LogP contribution in [0.5, 0.6) is 0 Å². The Morgan fingerprint density at radius 1 is 1.37 bits per heavy atom. The first-order chi connectivity index (χ1) is 9.38. The fourth-order valence-corrected chi connectivity index (χ4v) is 3.50. The minimum atomic E-state index is 0.444. The molecule has 2 aliphatic rings. The van der Waals surface area contributed by atoms with Crippen molar-refractivity contribution in [3.63, 3.8) is 0 Å². The molecule has 1 saturated heterocycles. The molecule has 2 nitrogen and oxygen atoms in total. The molecule has 1 aromatic rings. The van der Waals surface area contributed by atoms with Crippen LogP contribution in [0.2, 0.25) is 0 Å². The van der Waals surface area contributed by atoms with Crippen LogP contribution in [-0.2, 0) is 11.2 Å². The molecule has 1 heterocycles. The largest absolute Gasteiger partial charge is 0.377 e. The molecule has 1 aromatic carbocycles. The zero-order valence-electron chi connectivity index (χ0n) is 11.9. The summed E-state index contributed by atoms with van der Waals surface area (Å²) in [4.78, 5) is 0. The third-order valence-corrected chi connectivity index (χ3v) is 4.57. The molecule has 0 bridgehead atoms. The van der Waals surface area contributed by atoms with Crippen molar-refractivity contribution in [1.29, 1.82) is 0 Å². The SMILES string of the molecule is CCCNC(CC1Cc2ccccc21)C1CCCO1. The lowest BCUT2D eigenvalue weighted by Crippen LogP contribution is -2.42. The van der Waals surface area contributed by atoms with Crippen LogP contribution >= 0.6 is 0 Å². The van der Waals surface area contributed by atoms with Crippen molar-refractivity contribution in [3.05, 3.63) is 35.4 Å². The van der Waals surface area contributed by atoms with Crippen molar-refractivity contribution in [2.45, 2.75) is 57.1 Å². The van der Waals surface area contributed by atoms with Gasteiger partial charge in [-0.2, -0.15) is 0 Å². The maximum absolute atomic E-state index is 5.91. The van der Waals surface area contributed by atoms with Crippen LogP contribution in [0.15, 0.2) is 24.3 Å². The molecule has 0 spiro atoms. The monoisotopic (exact) mass is 259 g/mol. The average molecular weight is 259 g/mol. The van der Waals surface area contributed by atoms with Gasteiger partial charge in [0.15, 0.2) is 0 Å². The normalized spacial score (nSPS) is 26.8. The standard InChI is InChI=1S/C17H25NO/c1-2-9-18-16(17-8-5-10-19-17)12-14-11-13-6-3-4-7-15(13)14/h3-4,6-7,14,16-18H,2,5,8-12H2,1H3. The number of hydrogen-bond donors (Lipinski definition) is 1. The van der Waals surface area contributed by atoms with E-state index in [-0.39, 0.29) is 0 Å². The topological polar surface area (TPSA) is 21.3 Å². The summed E-state index contributed by atoms with van der Waals surface area (Å²) in [5.41, 5.74) is 3.12. The van der Waals surface area contributed by atoms with E-state index in [1.54, 1.807) is 11.1 Å². The van der Waals surface area contributed by atoms with Crippen molar-refractivity contribution >= 4 is 0 Å². The molecule has 3 rings (SSSR count). The third kappa shape index (κ3) is 2.85. The van der Waals surface area contributed by atoms with E-state index >= 15 is 0 Å². The third-order valence-electron chi connectivity index (χ3n) is 4.57. The quantitative estimate of drug-likeness (QED) is 0.846. The van der Waals surface area contributed by atoms with Gasteiger partial charge in [-0.1, -0.05) is 31.2 Å². The minimum Gasteiger partial charge on any atom is -0.377 e. The maximum Gasteiger partial charge on any atom is 0.0729 e. The van der Waals surface area contributed by atoms with Crippen molar-refractivity contribution in [2.75, 3.05) is 13.2 Å². The van der Waals surface area contributed by atoms with E-state index < -0.39 is 0 Å². The van der Waals surface area contributed by atoms with Crippen molar-refractivity contribution in [3.8, 4) is 0 Å². The molecule has 19 heavy (non-hydrogen) atoms. The molecule has 1 fully saturated rings. The van der Waals surface area contributed by atoms with Crippen LogP contribution in [0, 0.1) is 0 Å². The zero-order chi connectivity index (χ0) is 13.1. The first-order valence-electron chi connectivity index (χ1n) is 7.81. The van der Waals surface area contributed by atoms with E-state index in [0.29, 0.717) is 12.1 Å². The Bertz CT molecular complexity index is 411. The number of hydrogen-bond acceptors (Lipinski definition) is 2. The van der Waals surface area contributed by atoms with Gasteiger partial charge in [-0.25, -0.2) is 0 Å². The molecule has 0 saturated carbocycles. The Labute approximate surface area is 116 Å². The first-order valence-corrected chi connectivity index (χ1v) is 7.81. The number of fused-ring (bicyclic) bond motifs is 1. The number of nitrogens with one attached hydrogen (secondary N) is 1. The molecule has 2 heteroatoms. The van der Waals surface area contributed by atoms with Crippen LogP contribution in [0.1, 0.15) is 49.7 Å². The van der Waals surface area contributed by atoms with E-state index in [0.717, 1.165) is 19.1 Å². The van der Waals surface area contributed by atoms with E-state index in [9.17, 15) is 0 Å². The van der Waals surface area contributed by atoms with E-state index in [2.05, 4.69) is 36.5 Å². The van der Waals surface area contributed by atoms with Crippen LogP contribution in [-0.4, -0.2) is 25.3 Å². The Hall–Kier alpha value is -0.860. The van der Waals surface area contributed by atoms with Gasteiger partial charge in [0.05, 0.1) is 6.10 Å². The lowest BCUT2D eigenvalue weighted by atomic mass is 9.74. The Morgan fingerprint density at radius 2 is 2.26 bits per heavy atom. The molecule has 1 aliphatic carbocycles. The molecule has 3 unspecified atom stereocenters. The average Bonchev–Trinajstić information content (AvgIpc) is 2.93. The van der Waals surface area contributed by atoms with Gasteiger partial charge in [-0.15, -0.1) is 0 Å². The highest BCUT2D eigenvalue weighted by atomic mass is 16.5. The Kier molecular flexibility index (Phi) is 4.19. The Balaban J connectivity index is 1.62. The molecule has 0 aromatic heterocycles. The van der Waals surface area contributed by atoms with Gasteiger partial charge in [-0.3, -0.25) is 0 Å². The second-order valence-electron chi connectivity index (χ2n) is 5.95. The van der Waals surface area contributed by atoms with Crippen LogP contribution in [0.25, 0.3) is 0 Å². The molecule has 104 valence electrons. The van der Waals surface area contributed by atoms with Crippen molar-refractivity contribution in [1.82, 2.24) is 5.32 Å². The fraction of sp³-hybridized carbons (Fsp3) is 0.647. The Morgan fingerprint density at radius 3 is 3.00 bits per heavy atom. The fourth-order valence-electron chi connectivity index (χ4n) is 3.50. The second-order valence-corrected chi connectivity index (χ2v) is 5.95. The summed E-state index contributed by atoms with van der Waals surface area (Å²) < 4.78 is 5.91. The summed E-state index contributed by atoms with van der Waals surface area (Å²) in [6.07, 6.45) is 6.60. The summed E-state index contributed by atoms with van der Waals surface area (Å²) in [5, 5.41) is 3.72. The van der Waals surface area contributed by atoms with Gasteiger partial charge in [0.1, 0.15) is 0 Å². The van der Waals surface area contributed by atoms with Crippen molar-refractivity contribution in [2.24, 2.45) is 0 Å². The van der Waals surface area contributed by atoms with E-state index in [1.807, 2.05) is 0 Å². The summed E-state index contributed by atoms with van der Waals surface area (Å²) in [7, 11) is 0. The number of ether oxygens (including phenoxy) is 1. The maximum atomic E-state index is 5.91. The van der Waals surface area contributed by atoms with Gasteiger partial charge >= 0.3 is 0 Å². The molecule has 0 amide bonds. The van der Waals surface area contributed by atoms with Gasteiger partial charge in [0.2, 0.25) is 0 Å². The summed E-state index contributed by atoms with van der Waals surface area (Å²) in [6, 6.07) is 9.44. The van der Waals surface area contributed by atoms with Crippen LogP contribution in [0.3, 0.4) is 0 Å². The molecular weight excluding hydrogens is 234 g/mol. The predicted molar refractivity (Wildman–Crippen MR) is 78.6 cm³/mol. The smallest absolute Gasteiger partial charge is 0.0729 e. The highest BCUT2D eigenvalue weighted by Crippen LogP contribution is 2.39. The summed E-state index contributed by atoms with van der Waals surface area (Å²) in [5.74, 6) is 0.745. The lowest BCUT2D eigenvalue weighted by Gasteiger charge is -2.35. The zero-order valence-corrected chi connectivity index (χ0v) is 11.9. The minimum absolute atomic E-state index is 0.444. The molecule has 0 radical (unpaired) electrons. The van der Waals surface area contributed by atoms with E-state index in [4.69, 9.17) is 4.74 Å². The molecular formula is C17H25NO. The predicted octanol–water partition coefficient (Wildman–Crippen LogP) is 3.26. The van der Waals surface area contributed by atoms with Crippen molar-refractivity contribution < 1.29 is 4.74 Å². The highest BCUT2D eigenvalue weighted by molar-refractivity contribution is 5.40. The molecule has 1 N–H and O–H groups in total. The lowest BCUT2D eigenvalue weighted by molar-refractivity contribution is 0.0723. The van der Waals surface area contributed by atoms with Gasteiger partial charge in [0, 0.05) is 12.6 Å². The summed E-state index contributed by atoms with van der Waals surface area (Å²) >= 11 is 0.